The van der Waals surface area contributed by atoms with Crippen molar-refractivity contribution in [2.45, 2.75) is 47.0 Å². The molecule has 0 saturated carbocycles. The van der Waals surface area contributed by atoms with Gasteiger partial charge in [0.15, 0.2) is 0 Å². The Balaban J connectivity index is 1.96. The molecule has 138 valence electrons. The van der Waals surface area contributed by atoms with Gasteiger partial charge in [0.2, 0.25) is 5.91 Å². The first-order valence-electron chi connectivity index (χ1n) is 8.84. The highest BCUT2D eigenvalue weighted by atomic mass is 16.2. The SMILES string of the molecule is Cc1cc(C)c(NC(=O)CNC(=O)c2ccc(C(C)(C)C)cc2)c(C)c1. The van der Waals surface area contributed by atoms with Gasteiger partial charge in [-0.1, -0.05) is 50.6 Å². The van der Waals surface area contributed by atoms with Crippen molar-refractivity contribution in [2.24, 2.45) is 0 Å². The molecular formula is C22H28N2O2. The zero-order valence-corrected chi connectivity index (χ0v) is 16.5. The van der Waals surface area contributed by atoms with Gasteiger partial charge in [-0.25, -0.2) is 0 Å². The largest absolute Gasteiger partial charge is 0.343 e. The number of carbonyl (C=O) groups excluding carboxylic acids is 2. The zero-order valence-electron chi connectivity index (χ0n) is 16.5. The van der Waals surface area contributed by atoms with Gasteiger partial charge in [-0.2, -0.15) is 0 Å². The minimum absolute atomic E-state index is 0.0403. The lowest BCUT2D eigenvalue weighted by Crippen LogP contribution is -2.33. The van der Waals surface area contributed by atoms with Crippen molar-refractivity contribution >= 4 is 17.5 Å². The topological polar surface area (TPSA) is 58.2 Å². The van der Waals surface area contributed by atoms with E-state index >= 15 is 0 Å². The summed E-state index contributed by atoms with van der Waals surface area (Å²) in [6.45, 7) is 12.3. The van der Waals surface area contributed by atoms with Gasteiger partial charge in [0.1, 0.15) is 0 Å². The molecule has 26 heavy (non-hydrogen) atoms. The van der Waals surface area contributed by atoms with Gasteiger partial charge in [0.25, 0.3) is 5.91 Å². The number of aryl methyl sites for hydroxylation is 3. The number of anilines is 1. The average molecular weight is 352 g/mol. The number of rotatable bonds is 4. The Bertz CT molecular complexity index is 792. The molecule has 2 amide bonds. The third-order valence-corrected chi connectivity index (χ3v) is 4.36. The Morgan fingerprint density at radius 2 is 1.46 bits per heavy atom. The standard InChI is InChI=1S/C22H28N2O2/c1-14-11-15(2)20(16(3)12-14)24-19(25)13-23-21(26)17-7-9-18(10-8-17)22(4,5)6/h7-12H,13H2,1-6H3,(H,23,26)(H,24,25). The summed E-state index contributed by atoms with van der Waals surface area (Å²) in [5.41, 5.74) is 5.75. The third kappa shape index (κ3) is 4.94. The molecule has 0 spiro atoms. The van der Waals surface area contributed by atoms with E-state index in [1.165, 1.54) is 0 Å². The zero-order chi connectivity index (χ0) is 19.5. The smallest absolute Gasteiger partial charge is 0.251 e. The molecule has 0 bridgehead atoms. The van der Waals surface area contributed by atoms with E-state index in [-0.39, 0.29) is 23.8 Å². The van der Waals surface area contributed by atoms with Crippen LogP contribution >= 0.6 is 0 Å². The molecule has 0 unspecified atom stereocenters. The number of hydrogen-bond acceptors (Lipinski definition) is 2. The summed E-state index contributed by atoms with van der Waals surface area (Å²) in [6, 6.07) is 11.5. The molecule has 0 aliphatic carbocycles. The first kappa shape index (κ1) is 19.7. The minimum atomic E-state index is -0.252. The van der Waals surface area contributed by atoms with Gasteiger partial charge in [0, 0.05) is 11.3 Å². The summed E-state index contributed by atoms with van der Waals surface area (Å²) in [5.74, 6) is -0.488. The van der Waals surface area contributed by atoms with Crippen LogP contribution in [-0.2, 0) is 10.2 Å². The maximum Gasteiger partial charge on any atom is 0.251 e. The first-order valence-corrected chi connectivity index (χ1v) is 8.84. The number of nitrogens with one attached hydrogen (secondary N) is 2. The Labute approximate surface area is 156 Å². The van der Waals surface area contributed by atoms with Gasteiger partial charge in [-0.3, -0.25) is 9.59 Å². The molecule has 0 aliphatic heterocycles. The molecule has 2 N–H and O–H groups in total. The van der Waals surface area contributed by atoms with Crippen molar-refractivity contribution in [1.29, 1.82) is 0 Å². The van der Waals surface area contributed by atoms with Crippen molar-refractivity contribution in [2.75, 3.05) is 11.9 Å². The summed E-state index contributed by atoms with van der Waals surface area (Å²) >= 11 is 0. The van der Waals surface area contributed by atoms with E-state index in [9.17, 15) is 9.59 Å². The van der Waals surface area contributed by atoms with E-state index in [2.05, 4.69) is 31.4 Å². The van der Waals surface area contributed by atoms with Crippen LogP contribution in [0.1, 0.15) is 53.4 Å². The Morgan fingerprint density at radius 3 is 1.96 bits per heavy atom. The summed E-state index contributed by atoms with van der Waals surface area (Å²) < 4.78 is 0. The fourth-order valence-corrected chi connectivity index (χ4v) is 2.95. The second-order valence-corrected chi connectivity index (χ2v) is 7.83. The van der Waals surface area contributed by atoms with Crippen molar-refractivity contribution in [3.05, 3.63) is 64.2 Å². The summed E-state index contributed by atoms with van der Waals surface area (Å²) in [7, 11) is 0. The first-order chi connectivity index (χ1) is 12.1. The van der Waals surface area contributed by atoms with Crippen LogP contribution in [0.3, 0.4) is 0 Å². The molecule has 2 aromatic carbocycles. The molecule has 0 aromatic heterocycles. The molecule has 0 fully saturated rings. The molecule has 0 atom stereocenters. The van der Waals surface area contributed by atoms with Crippen molar-refractivity contribution in [3.8, 4) is 0 Å². The third-order valence-electron chi connectivity index (χ3n) is 4.36. The van der Waals surface area contributed by atoms with Gasteiger partial charge >= 0.3 is 0 Å². The normalized spacial score (nSPS) is 11.2. The number of carbonyl (C=O) groups is 2. The van der Waals surface area contributed by atoms with E-state index in [1.807, 2.05) is 45.0 Å². The van der Waals surface area contributed by atoms with Gasteiger partial charge < -0.3 is 10.6 Å². The van der Waals surface area contributed by atoms with Crippen molar-refractivity contribution in [3.63, 3.8) is 0 Å². The van der Waals surface area contributed by atoms with Gasteiger partial charge in [-0.05, 0) is 55.0 Å². The van der Waals surface area contributed by atoms with Crippen molar-refractivity contribution < 1.29 is 9.59 Å². The van der Waals surface area contributed by atoms with Crippen molar-refractivity contribution in [1.82, 2.24) is 5.32 Å². The lowest BCUT2D eigenvalue weighted by molar-refractivity contribution is -0.115. The fraction of sp³-hybridized carbons (Fsp3) is 0.364. The monoisotopic (exact) mass is 352 g/mol. The highest BCUT2D eigenvalue weighted by molar-refractivity contribution is 5.99. The molecule has 0 aliphatic rings. The molecular weight excluding hydrogens is 324 g/mol. The molecule has 0 radical (unpaired) electrons. The van der Waals surface area contributed by atoms with Gasteiger partial charge in [0.05, 0.1) is 6.54 Å². The Morgan fingerprint density at radius 1 is 0.923 bits per heavy atom. The Kier molecular flexibility index (Phi) is 5.86. The predicted molar refractivity (Wildman–Crippen MR) is 107 cm³/mol. The van der Waals surface area contributed by atoms with Crippen LogP contribution in [0.4, 0.5) is 5.69 Å². The van der Waals surface area contributed by atoms with E-state index < -0.39 is 0 Å². The average Bonchev–Trinajstić information content (AvgIpc) is 2.55. The van der Waals surface area contributed by atoms with E-state index in [4.69, 9.17) is 0 Å². The van der Waals surface area contributed by atoms with E-state index in [1.54, 1.807) is 12.1 Å². The second-order valence-electron chi connectivity index (χ2n) is 7.83. The van der Waals surface area contributed by atoms with Crippen LogP contribution in [0.2, 0.25) is 0 Å². The van der Waals surface area contributed by atoms with Crippen LogP contribution < -0.4 is 10.6 Å². The molecule has 0 heterocycles. The lowest BCUT2D eigenvalue weighted by Gasteiger charge is -2.19. The second kappa shape index (κ2) is 7.73. The highest BCUT2D eigenvalue weighted by Crippen LogP contribution is 2.23. The van der Waals surface area contributed by atoms with Gasteiger partial charge in [-0.15, -0.1) is 0 Å². The molecule has 0 saturated heterocycles. The van der Waals surface area contributed by atoms with Crippen LogP contribution in [-0.4, -0.2) is 18.4 Å². The maximum absolute atomic E-state index is 12.2. The lowest BCUT2D eigenvalue weighted by atomic mass is 9.87. The molecule has 4 nitrogen and oxygen atoms in total. The quantitative estimate of drug-likeness (QED) is 0.863. The van der Waals surface area contributed by atoms with E-state index in [0.29, 0.717) is 5.56 Å². The van der Waals surface area contributed by atoms with Crippen LogP contribution in [0, 0.1) is 20.8 Å². The van der Waals surface area contributed by atoms with Crippen LogP contribution in [0.15, 0.2) is 36.4 Å². The molecule has 2 aromatic rings. The van der Waals surface area contributed by atoms with Crippen LogP contribution in [0.5, 0.6) is 0 Å². The van der Waals surface area contributed by atoms with E-state index in [0.717, 1.165) is 27.9 Å². The summed E-state index contributed by atoms with van der Waals surface area (Å²) in [6.07, 6.45) is 0. The maximum atomic E-state index is 12.2. The highest BCUT2D eigenvalue weighted by Gasteiger charge is 2.15. The number of amides is 2. The summed E-state index contributed by atoms with van der Waals surface area (Å²) in [4.78, 5) is 24.4. The number of benzene rings is 2. The van der Waals surface area contributed by atoms with Crippen LogP contribution in [0.25, 0.3) is 0 Å². The predicted octanol–water partition coefficient (Wildman–Crippen LogP) is 4.28. The molecule has 4 heteroatoms. The summed E-state index contributed by atoms with van der Waals surface area (Å²) in [5, 5.41) is 5.56. The fourth-order valence-electron chi connectivity index (χ4n) is 2.95. The molecule has 2 rings (SSSR count). The minimum Gasteiger partial charge on any atom is -0.343 e. The number of hydrogen-bond donors (Lipinski definition) is 2. The Hall–Kier alpha value is -2.62.